The highest BCUT2D eigenvalue weighted by molar-refractivity contribution is 5.78. The number of amides is 1. The molecule has 0 N–H and O–H groups in total. The zero-order valence-corrected chi connectivity index (χ0v) is 14.4. The van der Waals surface area contributed by atoms with Crippen molar-refractivity contribution in [2.45, 2.75) is 25.9 Å². The Morgan fingerprint density at radius 1 is 1.21 bits per heavy atom. The van der Waals surface area contributed by atoms with Crippen LogP contribution in [0.4, 0.5) is 0 Å². The molecule has 0 aliphatic rings. The van der Waals surface area contributed by atoms with E-state index in [4.69, 9.17) is 9.47 Å². The van der Waals surface area contributed by atoms with E-state index < -0.39 is 0 Å². The molecule has 0 spiro atoms. The molecule has 1 unspecified atom stereocenters. The third-order valence-electron chi connectivity index (χ3n) is 3.81. The van der Waals surface area contributed by atoms with Crippen molar-refractivity contribution in [1.29, 1.82) is 0 Å². The fourth-order valence-corrected chi connectivity index (χ4v) is 2.55. The van der Waals surface area contributed by atoms with Crippen LogP contribution in [0.1, 0.15) is 18.2 Å². The lowest BCUT2D eigenvalue weighted by atomic mass is 10.1. The summed E-state index contributed by atoms with van der Waals surface area (Å²) in [5.41, 5.74) is 1.79. The van der Waals surface area contributed by atoms with Gasteiger partial charge in [-0.25, -0.2) is 0 Å². The van der Waals surface area contributed by atoms with Crippen molar-refractivity contribution in [2.75, 3.05) is 20.8 Å². The van der Waals surface area contributed by atoms with Gasteiger partial charge in [-0.15, -0.1) is 0 Å². The van der Waals surface area contributed by atoms with Crippen LogP contribution >= 0.6 is 0 Å². The Hall–Kier alpha value is -2.40. The van der Waals surface area contributed by atoms with Crippen LogP contribution in [0.15, 0.2) is 48.7 Å². The second kappa shape index (κ2) is 9.03. The number of nitrogens with zero attached hydrogens (tertiary/aromatic N) is 2. The van der Waals surface area contributed by atoms with E-state index in [1.54, 1.807) is 20.4 Å². The van der Waals surface area contributed by atoms with E-state index in [0.717, 1.165) is 17.0 Å². The van der Waals surface area contributed by atoms with Gasteiger partial charge in [0.1, 0.15) is 5.75 Å². The maximum Gasteiger partial charge on any atom is 0.229 e. The van der Waals surface area contributed by atoms with E-state index in [-0.39, 0.29) is 18.4 Å². The summed E-state index contributed by atoms with van der Waals surface area (Å²) in [5, 5.41) is 0. The Balaban J connectivity index is 2.15. The Labute approximate surface area is 143 Å². The van der Waals surface area contributed by atoms with Gasteiger partial charge in [-0.1, -0.05) is 18.2 Å². The van der Waals surface area contributed by atoms with Crippen LogP contribution in [0, 0.1) is 0 Å². The lowest BCUT2D eigenvalue weighted by Crippen LogP contribution is -2.41. The lowest BCUT2D eigenvalue weighted by Gasteiger charge is -2.29. The average Bonchev–Trinajstić information content (AvgIpc) is 2.60. The molecule has 1 aromatic heterocycles. The highest BCUT2D eigenvalue weighted by atomic mass is 16.5. The normalized spacial score (nSPS) is 11.8. The number of carbonyl (C=O) groups excluding carboxylic acids is 1. The topological polar surface area (TPSA) is 51.7 Å². The summed E-state index contributed by atoms with van der Waals surface area (Å²) in [6, 6.07) is 13.3. The number of rotatable bonds is 8. The summed E-state index contributed by atoms with van der Waals surface area (Å²) in [6.07, 6.45) is 1.98. The lowest BCUT2D eigenvalue weighted by molar-refractivity contribution is -0.134. The predicted octanol–water partition coefficient (Wildman–Crippen LogP) is 2.70. The monoisotopic (exact) mass is 328 g/mol. The third kappa shape index (κ3) is 5.06. The minimum atomic E-state index is -0.0302. The van der Waals surface area contributed by atoms with Crippen LogP contribution in [0.3, 0.4) is 0 Å². The zero-order chi connectivity index (χ0) is 17.4. The number of methoxy groups -OCH3 is 2. The molecule has 0 saturated carbocycles. The van der Waals surface area contributed by atoms with Gasteiger partial charge in [0.25, 0.3) is 0 Å². The third-order valence-corrected chi connectivity index (χ3v) is 3.81. The largest absolute Gasteiger partial charge is 0.497 e. The zero-order valence-electron chi connectivity index (χ0n) is 14.4. The van der Waals surface area contributed by atoms with Gasteiger partial charge in [-0.2, -0.15) is 0 Å². The molecular formula is C19H24N2O3. The molecule has 24 heavy (non-hydrogen) atoms. The maximum atomic E-state index is 12.8. The Morgan fingerprint density at radius 3 is 2.71 bits per heavy atom. The van der Waals surface area contributed by atoms with Crippen molar-refractivity contribution < 1.29 is 14.3 Å². The molecule has 2 aromatic rings. The molecular weight excluding hydrogens is 304 g/mol. The van der Waals surface area contributed by atoms with Gasteiger partial charge >= 0.3 is 0 Å². The maximum absolute atomic E-state index is 12.8. The second-order valence-corrected chi connectivity index (χ2v) is 5.68. The van der Waals surface area contributed by atoms with Gasteiger partial charge in [-0.3, -0.25) is 9.78 Å². The summed E-state index contributed by atoms with van der Waals surface area (Å²) in [5.74, 6) is 0.810. The minimum Gasteiger partial charge on any atom is -0.497 e. The minimum absolute atomic E-state index is 0.0288. The molecule has 0 radical (unpaired) electrons. The quantitative estimate of drug-likeness (QED) is 0.748. The highest BCUT2D eigenvalue weighted by Gasteiger charge is 2.21. The Kier molecular flexibility index (Phi) is 6.75. The smallest absolute Gasteiger partial charge is 0.229 e. The fraction of sp³-hybridized carbons (Fsp3) is 0.368. The first-order valence-corrected chi connectivity index (χ1v) is 7.95. The number of aromatic nitrogens is 1. The van der Waals surface area contributed by atoms with E-state index in [1.807, 2.05) is 54.3 Å². The van der Waals surface area contributed by atoms with Crippen LogP contribution in [0.25, 0.3) is 0 Å². The number of hydrogen-bond donors (Lipinski definition) is 0. The van der Waals surface area contributed by atoms with Crippen LogP contribution in [-0.4, -0.2) is 42.7 Å². The molecule has 0 aliphatic heterocycles. The van der Waals surface area contributed by atoms with Crippen molar-refractivity contribution in [3.63, 3.8) is 0 Å². The van der Waals surface area contributed by atoms with Gasteiger partial charge in [0.15, 0.2) is 0 Å². The Bertz CT molecular complexity index is 646. The number of pyridine rings is 1. The van der Waals surface area contributed by atoms with Gasteiger partial charge in [0.2, 0.25) is 5.91 Å². The highest BCUT2D eigenvalue weighted by Crippen LogP contribution is 2.16. The SMILES string of the molecule is COCC(C)N(Cc1cccc(OC)c1)C(=O)Cc1ccccn1. The molecule has 5 heteroatoms. The number of ether oxygens (including phenoxy) is 2. The predicted molar refractivity (Wildman–Crippen MR) is 92.8 cm³/mol. The molecule has 1 amide bonds. The number of carbonyl (C=O) groups is 1. The summed E-state index contributed by atoms with van der Waals surface area (Å²) in [7, 11) is 3.28. The summed E-state index contributed by atoms with van der Waals surface area (Å²) >= 11 is 0. The first kappa shape index (κ1) is 17.9. The van der Waals surface area contributed by atoms with Crippen molar-refractivity contribution in [3.8, 4) is 5.75 Å². The molecule has 1 aromatic carbocycles. The van der Waals surface area contributed by atoms with Crippen molar-refractivity contribution in [2.24, 2.45) is 0 Å². The number of benzene rings is 1. The van der Waals surface area contributed by atoms with Crippen LogP contribution in [0.5, 0.6) is 5.75 Å². The van der Waals surface area contributed by atoms with Crippen LogP contribution < -0.4 is 4.74 Å². The molecule has 2 rings (SSSR count). The van der Waals surface area contributed by atoms with E-state index in [9.17, 15) is 4.79 Å². The second-order valence-electron chi connectivity index (χ2n) is 5.68. The first-order valence-electron chi connectivity index (χ1n) is 7.95. The van der Waals surface area contributed by atoms with Crippen LogP contribution in [-0.2, 0) is 22.5 Å². The van der Waals surface area contributed by atoms with Crippen molar-refractivity contribution in [3.05, 3.63) is 59.9 Å². The average molecular weight is 328 g/mol. The summed E-state index contributed by atoms with van der Waals surface area (Å²) < 4.78 is 10.5. The molecule has 1 atom stereocenters. The summed E-state index contributed by atoms with van der Waals surface area (Å²) in [4.78, 5) is 18.9. The van der Waals surface area contributed by atoms with Gasteiger partial charge in [-0.05, 0) is 36.8 Å². The number of hydrogen-bond acceptors (Lipinski definition) is 4. The molecule has 128 valence electrons. The first-order chi connectivity index (χ1) is 11.6. The van der Waals surface area contributed by atoms with Gasteiger partial charge < -0.3 is 14.4 Å². The van der Waals surface area contributed by atoms with Crippen molar-refractivity contribution in [1.82, 2.24) is 9.88 Å². The standard InChI is InChI=1S/C19H24N2O3/c1-15(14-23-2)21(13-16-7-6-9-18(11-16)24-3)19(22)12-17-8-4-5-10-20-17/h4-11,15H,12-14H2,1-3H3. The molecule has 5 nitrogen and oxygen atoms in total. The molecule has 0 fully saturated rings. The van der Waals surface area contributed by atoms with Gasteiger partial charge in [0.05, 0.1) is 26.2 Å². The molecule has 0 aliphatic carbocycles. The van der Waals surface area contributed by atoms with E-state index >= 15 is 0 Å². The summed E-state index contributed by atoms with van der Waals surface area (Å²) in [6.45, 7) is 2.98. The molecule has 0 bridgehead atoms. The fourth-order valence-electron chi connectivity index (χ4n) is 2.55. The van der Waals surface area contributed by atoms with E-state index in [0.29, 0.717) is 13.2 Å². The van der Waals surface area contributed by atoms with Gasteiger partial charge in [0, 0.05) is 25.5 Å². The Morgan fingerprint density at radius 2 is 2.04 bits per heavy atom. The molecule has 1 heterocycles. The van der Waals surface area contributed by atoms with E-state index in [1.165, 1.54) is 0 Å². The van der Waals surface area contributed by atoms with Crippen LogP contribution in [0.2, 0.25) is 0 Å². The molecule has 0 saturated heterocycles. The van der Waals surface area contributed by atoms with Crippen molar-refractivity contribution >= 4 is 5.91 Å². The van der Waals surface area contributed by atoms with E-state index in [2.05, 4.69) is 4.98 Å².